The predicted octanol–water partition coefficient (Wildman–Crippen LogP) is 4.30. The minimum atomic E-state index is -0.228. The largest absolute Gasteiger partial charge is 0.450 e. The minimum Gasteiger partial charge on any atom is -0.450 e. The Morgan fingerprint density at radius 1 is 1.36 bits per heavy atom. The van der Waals surface area contributed by atoms with Crippen molar-refractivity contribution in [3.63, 3.8) is 0 Å². The average Bonchev–Trinajstić information content (AvgIpc) is 3.19. The fourth-order valence-corrected chi connectivity index (χ4v) is 4.65. The van der Waals surface area contributed by atoms with Gasteiger partial charge >= 0.3 is 6.09 Å². The van der Waals surface area contributed by atoms with Gasteiger partial charge in [0.05, 0.1) is 18.8 Å². The van der Waals surface area contributed by atoms with Crippen LogP contribution in [0.1, 0.15) is 17.5 Å². The van der Waals surface area contributed by atoms with Crippen LogP contribution in [0.15, 0.2) is 35.4 Å². The van der Waals surface area contributed by atoms with Gasteiger partial charge in [0.2, 0.25) is 0 Å². The summed E-state index contributed by atoms with van der Waals surface area (Å²) in [5.41, 5.74) is 3.39. The number of benzene rings is 1. The first-order valence-electron chi connectivity index (χ1n) is 8.25. The number of carbonyl (C=O) groups excluding carboxylic acids is 1. The van der Waals surface area contributed by atoms with E-state index in [-0.39, 0.29) is 6.09 Å². The van der Waals surface area contributed by atoms with Crippen molar-refractivity contribution in [1.29, 1.82) is 0 Å². The number of ether oxygens (including phenoxy) is 1. The Morgan fingerprint density at radius 3 is 2.88 bits per heavy atom. The van der Waals surface area contributed by atoms with Crippen LogP contribution in [0.2, 0.25) is 0 Å². The summed E-state index contributed by atoms with van der Waals surface area (Å²) in [5, 5.41) is 0. The molecule has 0 unspecified atom stereocenters. The van der Waals surface area contributed by atoms with Crippen LogP contribution in [0.3, 0.4) is 0 Å². The van der Waals surface area contributed by atoms with E-state index in [1.807, 2.05) is 6.92 Å². The molecule has 1 aromatic carbocycles. The standard InChI is InChI=1S/C18H19N3O2S2/c1-3-23-18(22)20-9-8-15-16(11-20)25-17-19-14(10-21(15)17)12-4-6-13(24-2)7-5-12/h4-7,10H,3,8-9,11H2,1-2H3. The van der Waals surface area contributed by atoms with Crippen molar-refractivity contribution in [2.45, 2.75) is 24.8 Å². The molecule has 0 atom stereocenters. The maximum atomic E-state index is 11.9. The van der Waals surface area contributed by atoms with Crippen molar-refractivity contribution in [3.8, 4) is 11.3 Å². The molecule has 1 aliphatic heterocycles. The topological polar surface area (TPSA) is 46.8 Å². The van der Waals surface area contributed by atoms with Gasteiger partial charge in [-0.2, -0.15) is 0 Å². The Labute approximate surface area is 154 Å². The average molecular weight is 374 g/mol. The molecule has 0 saturated heterocycles. The number of imidazole rings is 1. The molecule has 7 heteroatoms. The monoisotopic (exact) mass is 373 g/mol. The van der Waals surface area contributed by atoms with E-state index in [4.69, 9.17) is 9.72 Å². The van der Waals surface area contributed by atoms with Crippen LogP contribution >= 0.6 is 23.1 Å². The highest BCUT2D eigenvalue weighted by Gasteiger charge is 2.26. The van der Waals surface area contributed by atoms with Gasteiger partial charge in [-0.3, -0.25) is 4.40 Å². The SMILES string of the molecule is CCOC(=O)N1CCc2c(sc3nc(-c4ccc(SC)cc4)cn23)C1. The lowest BCUT2D eigenvalue weighted by Crippen LogP contribution is -2.36. The summed E-state index contributed by atoms with van der Waals surface area (Å²) < 4.78 is 7.30. The number of amides is 1. The van der Waals surface area contributed by atoms with Crippen molar-refractivity contribution in [1.82, 2.24) is 14.3 Å². The highest BCUT2D eigenvalue weighted by Crippen LogP contribution is 2.31. The first-order valence-corrected chi connectivity index (χ1v) is 10.3. The second-order valence-corrected chi connectivity index (χ2v) is 7.79. The third-order valence-corrected chi connectivity index (χ3v) is 6.19. The Kier molecular flexibility index (Phi) is 4.43. The van der Waals surface area contributed by atoms with Crippen LogP contribution in [0.25, 0.3) is 16.2 Å². The van der Waals surface area contributed by atoms with Crippen molar-refractivity contribution < 1.29 is 9.53 Å². The van der Waals surface area contributed by atoms with Gasteiger partial charge in [0, 0.05) is 40.2 Å². The van der Waals surface area contributed by atoms with Crippen LogP contribution in [0, 0.1) is 0 Å². The molecular weight excluding hydrogens is 354 g/mol. The Hall–Kier alpha value is -1.99. The highest BCUT2D eigenvalue weighted by atomic mass is 32.2. The van der Waals surface area contributed by atoms with Crippen LogP contribution < -0.4 is 0 Å². The van der Waals surface area contributed by atoms with Gasteiger partial charge in [-0.15, -0.1) is 11.8 Å². The van der Waals surface area contributed by atoms with Crippen LogP contribution in [0.4, 0.5) is 4.79 Å². The molecule has 0 fully saturated rings. The lowest BCUT2D eigenvalue weighted by molar-refractivity contribution is 0.103. The number of hydrogen-bond donors (Lipinski definition) is 0. The number of rotatable bonds is 3. The quantitative estimate of drug-likeness (QED) is 0.642. The predicted molar refractivity (Wildman–Crippen MR) is 101 cm³/mol. The summed E-state index contributed by atoms with van der Waals surface area (Å²) in [7, 11) is 0. The van der Waals surface area contributed by atoms with Gasteiger partial charge in [0.15, 0.2) is 4.96 Å². The number of nitrogens with zero attached hydrogens (tertiary/aromatic N) is 3. The highest BCUT2D eigenvalue weighted by molar-refractivity contribution is 7.98. The van der Waals surface area contributed by atoms with Crippen LogP contribution in [0.5, 0.6) is 0 Å². The number of fused-ring (bicyclic) bond motifs is 3. The van der Waals surface area contributed by atoms with Gasteiger partial charge < -0.3 is 9.64 Å². The molecule has 3 heterocycles. The summed E-state index contributed by atoms with van der Waals surface area (Å²) in [5.74, 6) is 0. The van der Waals surface area contributed by atoms with Gasteiger partial charge in [-0.05, 0) is 25.3 Å². The van der Waals surface area contributed by atoms with Gasteiger partial charge in [0.25, 0.3) is 0 Å². The number of thioether (sulfide) groups is 1. The molecular formula is C18H19N3O2S2. The maximum Gasteiger partial charge on any atom is 0.410 e. The molecule has 1 aliphatic rings. The smallest absolute Gasteiger partial charge is 0.410 e. The van der Waals surface area contributed by atoms with Crippen molar-refractivity contribution >= 4 is 34.2 Å². The van der Waals surface area contributed by atoms with Gasteiger partial charge in [0.1, 0.15) is 0 Å². The summed E-state index contributed by atoms with van der Waals surface area (Å²) in [4.78, 5) is 21.9. The summed E-state index contributed by atoms with van der Waals surface area (Å²) >= 11 is 3.40. The molecule has 0 N–H and O–H groups in total. The van der Waals surface area contributed by atoms with Crippen molar-refractivity contribution in [3.05, 3.63) is 41.0 Å². The molecule has 130 valence electrons. The normalized spacial score (nSPS) is 13.9. The molecule has 0 saturated carbocycles. The molecule has 4 rings (SSSR count). The molecule has 1 amide bonds. The zero-order valence-corrected chi connectivity index (χ0v) is 15.8. The molecule has 2 aromatic heterocycles. The number of aromatic nitrogens is 2. The molecule has 5 nitrogen and oxygen atoms in total. The lowest BCUT2D eigenvalue weighted by Gasteiger charge is -2.25. The van der Waals surface area contributed by atoms with E-state index in [0.717, 1.165) is 22.6 Å². The maximum absolute atomic E-state index is 11.9. The lowest BCUT2D eigenvalue weighted by atomic mass is 10.1. The van der Waals surface area contributed by atoms with E-state index in [1.54, 1.807) is 28.0 Å². The molecule has 0 radical (unpaired) electrons. The second-order valence-electron chi connectivity index (χ2n) is 5.85. The van der Waals surface area contributed by atoms with E-state index in [9.17, 15) is 4.79 Å². The van der Waals surface area contributed by atoms with Crippen LogP contribution in [-0.4, -0.2) is 39.8 Å². The summed E-state index contributed by atoms with van der Waals surface area (Å²) in [6, 6.07) is 8.49. The summed E-state index contributed by atoms with van der Waals surface area (Å²) in [6.45, 7) is 3.54. The number of hydrogen-bond acceptors (Lipinski definition) is 5. The first kappa shape index (κ1) is 16.5. The van der Waals surface area contributed by atoms with Crippen molar-refractivity contribution in [2.75, 3.05) is 19.4 Å². The zero-order chi connectivity index (χ0) is 17.4. The Morgan fingerprint density at radius 2 is 2.16 bits per heavy atom. The van der Waals surface area contributed by atoms with Crippen LogP contribution in [-0.2, 0) is 17.7 Å². The van der Waals surface area contributed by atoms with Gasteiger partial charge in [-0.25, -0.2) is 9.78 Å². The minimum absolute atomic E-state index is 0.228. The number of carbonyl (C=O) groups is 1. The first-order chi connectivity index (χ1) is 12.2. The van der Waals surface area contributed by atoms with E-state index in [0.29, 0.717) is 19.7 Å². The molecule has 25 heavy (non-hydrogen) atoms. The fourth-order valence-electron chi connectivity index (χ4n) is 3.08. The molecule has 0 aliphatic carbocycles. The summed E-state index contributed by atoms with van der Waals surface area (Å²) in [6.07, 6.45) is 4.79. The van der Waals surface area contributed by atoms with E-state index >= 15 is 0 Å². The van der Waals surface area contributed by atoms with Crippen molar-refractivity contribution in [2.24, 2.45) is 0 Å². The zero-order valence-electron chi connectivity index (χ0n) is 14.2. The number of thiazole rings is 1. The Bertz CT molecular complexity index is 914. The third-order valence-electron chi connectivity index (χ3n) is 4.37. The molecule has 0 spiro atoms. The van der Waals surface area contributed by atoms with E-state index in [2.05, 4.69) is 41.1 Å². The van der Waals surface area contributed by atoms with Gasteiger partial charge in [-0.1, -0.05) is 23.5 Å². The van der Waals surface area contributed by atoms with E-state index in [1.165, 1.54) is 15.5 Å². The fraction of sp³-hybridized carbons (Fsp3) is 0.333. The Balaban J connectivity index is 1.62. The molecule has 3 aromatic rings. The van der Waals surface area contributed by atoms with E-state index < -0.39 is 0 Å². The second kappa shape index (κ2) is 6.72. The third kappa shape index (κ3) is 3.02. The molecule has 0 bridgehead atoms.